The summed E-state index contributed by atoms with van der Waals surface area (Å²) in [5, 5.41) is 0. The van der Waals surface area contributed by atoms with Gasteiger partial charge in [-0.05, 0) is 5.56 Å². The zero-order valence-corrected chi connectivity index (χ0v) is 20.9. The molecule has 2 aromatic heterocycles. The van der Waals surface area contributed by atoms with E-state index in [1.54, 1.807) is 21.5 Å². The number of hydrogen-bond donors (Lipinski definition) is 0. The van der Waals surface area contributed by atoms with Crippen LogP contribution in [-0.4, -0.2) is 80.2 Å². The van der Waals surface area contributed by atoms with E-state index >= 15 is 0 Å². The van der Waals surface area contributed by atoms with Crippen molar-refractivity contribution in [3.05, 3.63) is 63.1 Å². The molecular formula is C25H32N6O5. The first-order chi connectivity index (χ1) is 17.3. The van der Waals surface area contributed by atoms with E-state index in [1.807, 2.05) is 44.2 Å². The van der Waals surface area contributed by atoms with Gasteiger partial charge in [0.1, 0.15) is 6.54 Å². The summed E-state index contributed by atoms with van der Waals surface area (Å²) in [7, 11) is 1.57. The summed E-state index contributed by atoms with van der Waals surface area (Å²) < 4.78 is 9.23. The largest absolute Gasteiger partial charge is 0.383 e. The van der Waals surface area contributed by atoms with Gasteiger partial charge in [0.05, 0.1) is 19.5 Å². The van der Waals surface area contributed by atoms with Gasteiger partial charge < -0.3 is 19.1 Å². The van der Waals surface area contributed by atoms with Crippen LogP contribution in [0.1, 0.15) is 19.4 Å². The second-order valence-electron chi connectivity index (χ2n) is 9.21. The van der Waals surface area contributed by atoms with Crippen molar-refractivity contribution in [3.63, 3.8) is 0 Å². The third-order valence-electron chi connectivity index (χ3n) is 6.43. The highest BCUT2D eigenvalue weighted by molar-refractivity contribution is 5.80. The number of nitrogens with zero attached hydrogens (tertiary/aromatic N) is 6. The molecule has 2 amide bonds. The Balaban J connectivity index is 1.66. The van der Waals surface area contributed by atoms with E-state index in [9.17, 15) is 19.2 Å². The van der Waals surface area contributed by atoms with E-state index in [4.69, 9.17) is 4.74 Å². The maximum atomic E-state index is 13.5. The minimum Gasteiger partial charge on any atom is -0.383 e. The molecular weight excluding hydrogens is 464 g/mol. The first kappa shape index (κ1) is 25.4. The highest BCUT2D eigenvalue weighted by Crippen LogP contribution is 2.11. The van der Waals surface area contributed by atoms with Gasteiger partial charge in [-0.1, -0.05) is 44.2 Å². The number of aromatic nitrogens is 4. The number of piperazine rings is 1. The van der Waals surface area contributed by atoms with Gasteiger partial charge in [-0.25, -0.2) is 14.3 Å². The molecule has 3 aromatic rings. The third-order valence-corrected chi connectivity index (χ3v) is 6.43. The minimum absolute atomic E-state index is 0.0527. The second kappa shape index (κ2) is 10.9. The summed E-state index contributed by atoms with van der Waals surface area (Å²) in [4.78, 5) is 60.1. The Morgan fingerprint density at radius 2 is 1.67 bits per heavy atom. The standard InChI is InChI=1S/C25H32N6O5/c1-18(2)23(33)28-11-9-27(10-12-28)20(32)16-31-24(34)21-22(26-17-29(21)13-14-36-3)30(25(31)35)15-19-7-5-4-6-8-19/h4-8,17-18H,9-16H2,1-3H3. The molecule has 1 fully saturated rings. The van der Waals surface area contributed by atoms with Gasteiger partial charge in [0.25, 0.3) is 5.56 Å². The number of fused-ring (bicyclic) bond motifs is 1. The van der Waals surface area contributed by atoms with Crippen LogP contribution in [0.2, 0.25) is 0 Å². The summed E-state index contributed by atoms with van der Waals surface area (Å²) >= 11 is 0. The Hall–Kier alpha value is -3.73. The van der Waals surface area contributed by atoms with Crippen LogP contribution in [0.15, 0.2) is 46.2 Å². The Bertz CT molecular complexity index is 1350. The molecule has 0 radical (unpaired) electrons. The molecule has 0 spiro atoms. The lowest BCUT2D eigenvalue weighted by atomic mass is 10.1. The topological polar surface area (TPSA) is 112 Å². The molecule has 0 aliphatic carbocycles. The second-order valence-corrected chi connectivity index (χ2v) is 9.21. The lowest BCUT2D eigenvalue weighted by Crippen LogP contribution is -2.53. The smallest absolute Gasteiger partial charge is 0.333 e. The zero-order chi connectivity index (χ0) is 25.8. The van der Waals surface area contributed by atoms with Crippen LogP contribution in [0.4, 0.5) is 0 Å². The summed E-state index contributed by atoms with van der Waals surface area (Å²) in [6.07, 6.45) is 1.52. The number of ether oxygens (including phenoxy) is 1. The first-order valence-corrected chi connectivity index (χ1v) is 12.1. The molecule has 0 saturated carbocycles. The molecule has 3 heterocycles. The monoisotopic (exact) mass is 496 g/mol. The van der Waals surface area contributed by atoms with Gasteiger partial charge in [0.15, 0.2) is 11.2 Å². The lowest BCUT2D eigenvalue weighted by Gasteiger charge is -2.35. The summed E-state index contributed by atoms with van der Waals surface area (Å²) in [5.41, 5.74) is 0.247. The Morgan fingerprint density at radius 3 is 2.31 bits per heavy atom. The van der Waals surface area contributed by atoms with Crippen molar-refractivity contribution in [1.29, 1.82) is 0 Å². The molecule has 0 unspecified atom stereocenters. The molecule has 0 N–H and O–H groups in total. The van der Waals surface area contributed by atoms with E-state index in [1.165, 1.54) is 10.9 Å². The van der Waals surface area contributed by atoms with E-state index in [0.717, 1.165) is 10.1 Å². The molecule has 36 heavy (non-hydrogen) atoms. The van der Waals surface area contributed by atoms with Crippen molar-refractivity contribution in [1.82, 2.24) is 28.5 Å². The Morgan fingerprint density at radius 1 is 1.00 bits per heavy atom. The maximum absolute atomic E-state index is 13.5. The van der Waals surface area contributed by atoms with Crippen molar-refractivity contribution >= 4 is 23.0 Å². The van der Waals surface area contributed by atoms with Gasteiger partial charge in [0.2, 0.25) is 11.8 Å². The highest BCUT2D eigenvalue weighted by Gasteiger charge is 2.27. The molecule has 0 bridgehead atoms. The average Bonchev–Trinajstić information content (AvgIpc) is 3.31. The Kier molecular flexibility index (Phi) is 7.68. The first-order valence-electron chi connectivity index (χ1n) is 12.1. The molecule has 192 valence electrons. The molecule has 1 aromatic carbocycles. The number of rotatable bonds is 8. The van der Waals surface area contributed by atoms with E-state index < -0.39 is 11.2 Å². The van der Waals surface area contributed by atoms with Crippen LogP contribution >= 0.6 is 0 Å². The highest BCUT2D eigenvalue weighted by atomic mass is 16.5. The average molecular weight is 497 g/mol. The normalized spacial score (nSPS) is 14.1. The van der Waals surface area contributed by atoms with Crippen LogP contribution in [0.3, 0.4) is 0 Å². The predicted octanol–water partition coefficient (Wildman–Crippen LogP) is 0.381. The van der Waals surface area contributed by atoms with Crippen molar-refractivity contribution in [3.8, 4) is 0 Å². The number of carbonyl (C=O) groups excluding carboxylic acids is 2. The number of imidazole rings is 1. The van der Waals surface area contributed by atoms with E-state index in [0.29, 0.717) is 39.3 Å². The lowest BCUT2D eigenvalue weighted by molar-refractivity contribution is -0.141. The van der Waals surface area contributed by atoms with Crippen molar-refractivity contribution in [2.45, 2.75) is 33.5 Å². The van der Waals surface area contributed by atoms with Gasteiger partial charge in [-0.2, -0.15) is 0 Å². The SMILES string of the molecule is COCCn1cnc2c1c(=O)n(CC(=O)N1CCN(C(=O)C(C)C)CC1)c(=O)n2Cc1ccccc1. The molecule has 0 atom stereocenters. The number of hydrogen-bond acceptors (Lipinski definition) is 6. The quantitative estimate of drug-likeness (QED) is 0.446. The van der Waals surface area contributed by atoms with Gasteiger partial charge in [0, 0.05) is 45.8 Å². The molecule has 4 rings (SSSR count). The minimum atomic E-state index is -0.588. The molecule has 1 aliphatic rings. The molecule has 1 aliphatic heterocycles. The number of amides is 2. The third kappa shape index (κ3) is 5.11. The van der Waals surface area contributed by atoms with Crippen LogP contribution in [0.5, 0.6) is 0 Å². The van der Waals surface area contributed by atoms with Gasteiger partial charge in [-0.15, -0.1) is 0 Å². The fourth-order valence-electron chi connectivity index (χ4n) is 4.42. The summed E-state index contributed by atoms with van der Waals surface area (Å²) in [6, 6.07) is 9.41. The molecule has 11 heteroatoms. The van der Waals surface area contributed by atoms with Crippen LogP contribution in [0.25, 0.3) is 11.2 Å². The number of carbonyl (C=O) groups is 2. The fourth-order valence-corrected chi connectivity index (χ4v) is 4.42. The zero-order valence-electron chi connectivity index (χ0n) is 20.9. The van der Waals surface area contributed by atoms with Crippen molar-refractivity contribution in [2.24, 2.45) is 5.92 Å². The summed E-state index contributed by atoms with van der Waals surface area (Å²) in [5.74, 6) is -0.389. The fraction of sp³-hybridized carbons (Fsp3) is 0.480. The molecule has 11 nitrogen and oxygen atoms in total. The molecule has 1 saturated heterocycles. The maximum Gasteiger partial charge on any atom is 0.333 e. The summed E-state index contributed by atoms with van der Waals surface area (Å²) in [6.45, 7) is 5.85. The van der Waals surface area contributed by atoms with Gasteiger partial charge in [-0.3, -0.25) is 19.0 Å². The van der Waals surface area contributed by atoms with Gasteiger partial charge >= 0.3 is 5.69 Å². The Labute approximate surface area is 208 Å². The van der Waals surface area contributed by atoms with Crippen LogP contribution < -0.4 is 11.2 Å². The van der Waals surface area contributed by atoms with Crippen molar-refractivity contribution in [2.75, 3.05) is 39.9 Å². The predicted molar refractivity (Wildman–Crippen MR) is 134 cm³/mol. The van der Waals surface area contributed by atoms with E-state index in [2.05, 4.69) is 4.98 Å². The van der Waals surface area contributed by atoms with E-state index in [-0.39, 0.29) is 42.0 Å². The van der Waals surface area contributed by atoms with Crippen molar-refractivity contribution < 1.29 is 14.3 Å². The van der Waals surface area contributed by atoms with Crippen LogP contribution in [0, 0.1) is 5.92 Å². The number of methoxy groups -OCH3 is 1. The van der Waals surface area contributed by atoms with Crippen LogP contribution in [-0.2, 0) is 34.0 Å². The number of benzene rings is 1.